The first-order chi connectivity index (χ1) is 9.63. The Morgan fingerprint density at radius 1 is 1.33 bits per heavy atom. The first kappa shape index (κ1) is 17.1. The number of hydrogen-bond acceptors (Lipinski definition) is 3. The van der Waals surface area contributed by atoms with Gasteiger partial charge in [0, 0.05) is 6.54 Å². The van der Waals surface area contributed by atoms with Gasteiger partial charge in [0.05, 0.1) is 11.3 Å². The summed E-state index contributed by atoms with van der Waals surface area (Å²) in [6.07, 6.45) is 0. The molecule has 0 bridgehead atoms. The molecule has 1 aromatic carbocycles. The number of benzene rings is 1. The summed E-state index contributed by atoms with van der Waals surface area (Å²) < 4.78 is 13.5. The van der Waals surface area contributed by atoms with E-state index in [0.717, 1.165) is 5.56 Å². The van der Waals surface area contributed by atoms with Gasteiger partial charge in [-0.25, -0.2) is 4.39 Å². The van der Waals surface area contributed by atoms with Crippen LogP contribution in [0.3, 0.4) is 0 Å². The lowest BCUT2D eigenvalue weighted by Crippen LogP contribution is -2.47. The van der Waals surface area contributed by atoms with E-state index >= 15 is 0 Å². The molecule has 3 N–H and O–H groups in total. The molecule has 0 saturated carbocycles. The van der Waals surface area contributed by atoms with Crippen LogP contribution in [0.4, 0.5) is 10.1 Å². The van der Waals surface area contributed by atoms with Gasteiger partial charge in [-0.2, -0.15) is 0 Å². The predicted octanol–water partition coefficient (Wildman–Crippen LogP) is 1.60. The van der Waals surface area contributed by atoms with Gasteiger partial charge in [-0.1, -0.05) is 19.9 Å². The van der Waals surface area contributed by atoms with Gasteiger partial charge in [-0.15, -0.1) is 0 Å². The number of aryl methyl sites for hydroxylation is 1. The average Bonchev–Trinajstić information content (AvgIpc) is 2.40. The highest BCUT2D eigenvalue weighted by Gasteiger charge is 2.26. The third-order valence-electron chi connectivity index (χ3n) is 3.43. The third kappa shape index (κ3) is 4.82. The fraction of sp³-hybridized carbons (Fsp3) is 0.467. The van der Waals surface area contributed by atoms with Crippen LogP contribution in [0.2, 0.25) is 0 Å². The van der Waals surface area contributed by atoms with Gasteiger partial charge in [0.15, 0.2) is 0 Å². The molecule has 0 spiro atoms. The van der Waals surface area contributed by atoms with Crippen LogP contribution in [0.1, 0.15) is 26.3 Å². The Balaban J connectivity index is 2.64. The molecule has 0 aliphatic heterocycles. The highest BCUT2D eigenvalue weighted by atomic mass is 19.1. The Hall–Kier alpha value is -1.95. The van der Waals surface area contributed by atoms with Crippen LogP contribution in [-0.4, -0.2) is 29.1 Å². The van der Waals surface area contributed by atoms with Crippen LogP contribution in [0.5, 0.6) is 0 Å². The quantitative estimate of drug-likeness (QED) is 0.738. The highest BCUT2D eigenvalue weighted by Crippen LogP contribution is 2.16. The van der Waals surface area contributed by atoms with E-state index in [1.54, 1.807) is 33.8 Å². The van der Waals surface area contributed by atoms with Crippen molar-refractivity contribution in [1.82, 2.24) is 5.32 Å². The summed E-state index contributed by atoms with van der Waals surface area (Å²) in [5.41, 5.74) is -0.412. The highest BCUT2D eigenvalue weighted by molar-refractivity contribution is 6.39. The molecule has 1 rings (SSSR count). The monoisotopic (exact) mass is 296 g/mol. The molecule has 21 heavy (non-hydrogen) atoms. The van der Waals surface area contributed by atoms with E-state index in [-0.39, 0.29) is 18.2 Å². The topological polar surface area (TPSA) is 78.4 Å². The van der Waals surface area contributed by atoms with Crippen molar-refractivity contribution in [2.75, 3.05) is 11.9 Å². The molecular formula is C15H21FN2O3. The number of carbonyl (C=O) groups is 2. The minimum atomic E-state index is -1.12. The number of anilines is 1. The van der Waals surface area contributed by atoms with Crippen molar-refractivity contribution in [2.24, 2.45) is 5.92 Å². The van der Waals surface area contributed by atoms with Crippen LogP contribution in [-0.2, 0) is 9.59 Å². The van der Waals surface area contributed by atoms with Crippen LogP contribution in [0, 0.1) is 18.7 Å². The third-order valence-corrected chi connectivity index (χ3v) is 3.43. The van der Waals surface area contributed by atoms with Crippen molar-refractivity contribution >= 4 is 17.5 Å². The van der Waals surface area contributed by atoms with E-state index in [1.807, 2.05) is 0 Å². The first-order valence-electron chi connectivity index (χ1n) is 6.71. The van der Waals surface area contributed by atoms with E-state index < -0.39 is 23.2 Å². The zero-order valence-corrected chi connectivity index (χ0v) is 12.7. The average molecular weight is 296 g/mol. The standard InChI is InChI=1S/C15H21FN2O3/c1-9(2)15(4,21)8-17-13(19)14(20)18-12-7-10(3)5-6-11(12)16/h5-7,9,21H,8H2,1-4H3,(H,17,19)(H,18,20). The van der Waals surface area contributed by atoms with Gasteiger partial charge in [0.25, 0.3) is 0 Å². The molecular weight excluding hydrogens is 275 g/mol. The Labute approximate surface area is 123 Å². The Morgan fingerprint density at radius 3 is 2.52 bits per heavy atom. The van der Waals surface area contributed by atoms with E-state index in [1.165, 1.54) is 12.1 Å². The molecule has 0 saturated heterocycles. The summed E-state index contributed by atoms with van der Waals surface area (Å²) in [5.74, 6) is -2.60. The van der Waals surface area contributed by atoms with E-state index in [2.05, 4.69) is 10.6 Å². The van der Waals surface area contributed by atoms with Gasteiger partial charge in [0.2, 0.25) is 0 Å². The van der Waals surface area contributed by atoms with Gasteiger partial charge in [-0.05, 0) is 37.5 Å². The predicted molar refractivity (Wildman–Crippen MR) is 78.2 cm³/mol. The maximum absolute atomic E-state index is 13.5. The summed E-state index contributed by atoms with van der Waals surface area (Å²) in [5, 5.41) is 14.5. The summed E-state index contributed by atoms with van der Waals surface area (Å²) in [6.45, 7) is 6.85. The van der Waals surface area contributed by atoms with Crippen LogP contribution in [0.15, 0.2) is 18.2 Å². The number of rotatable bonds is 4. The molecule has 0 heterocycles. The van der Waals surface area contributed by atoms with Gasteiger partial charge < -0.3 is 15.7 Å². The molecule has 1 unspecified atom stereocenters. The number of nitrogens with one attached hydrogen (secondary N) is 2. The lowest BCUT2D eigenvalue weighted by Gasteiger charge is -2.27. The zero-order valence-electron chi connectivity index (χ0n) is 12.7. The molecule has 0 aliphatic carbocycles. The lowest BCUT2D eigenvalue weighted by molar-refractivity contribution is -0.137. The Bertz CT molecular complexity index is 542. The first-order valence-corrected chi connectivity index (χ1v) is 6.71. The molecule has 6 heteroatoms. The second-order valence-corrected chi connectivity index (χ2v) is 5.63. The van der Waals surface area contributed by atoms with Crippen molar-refractivity contribution in [1.29, 1.82) is 0 Å². The fourth-order valence-corrected chi connectivity index (χ4v) is 1.46. The molecule has 0 aromatic heterocycles. The maximum atomic E-state index is 13.5. The molecule has 1 atom stereocenters. The minimum Gasteiger partial charge on any atom is -0.388 e. The Kier molecular flexibility index (Phi) is 5.43. The van der Waals surface area contributed by atoms with Gasteiger partial charge in [0.1, 0.15) is 5.82 Å². The molecule has 116 valence electrons. The number of halogens is 1. The summed E-state index contributed by atoms with van der Waals surface area (Å²) in [6, 6.07) is 4.21. The van der Waals surface area contributed by atoms with Crippen molar-refractivity contribution < 1.29 is 19.1 Å². The van der Waals surface area contributed by atoms with Crippen LogP contribution < -0.4 is 10.6 Å². The zero-order chi connectivity index (χ0) is 16.2. The maximum Gasteiger partial charge on any atom is 0.313 e. The summed E-state index contributed by atoms with van der Waals surface area (Å²) in [4.78, 5) is 23.3. The summed E-state index contributed by atoms with van der Waals surface area (Å²) >= 11 is 0. The van der Waals surface area contributed by atoms with Crippen molar-refractivity contribution in [2.45, 2.75) is 33.3 Å². The van der Waals surface area contributed by atoms with Gasteiger partial charge in [-0.3, -0.25) is 9.59 Å². The molecule has 0 fully saturated rings. The second-order valence-electron chi connectivity index (χ2n) is 5.63. The van der Waals surface area contributed by atoms with Crippen molar-refractivity contribution in [3.8, 4) is 0 Å². The minimum absolute atomic E-state index is 0.0502. The molecule has 0 aliphatic rings. The Morgan fingerprint density at radius 2 is 1.95 bits per heavy atom. The number of amides is 2. The van der Waals surface area contributed by atoms with Gasteiger partial charge >= 0.3 is 11.8 Å². The molecule has 5 nitrogen and oxygen atoms in total. The molecule has 2 amide bonds. The largest absolute Gasteiger partial charge is 0.388 e. The van der Waals surface area contributed by atoms with Crippen molar-refractivity contribution in [3.63, 3.8) is 0 Å². The fourth-order valence-electron chi connectivity index (χ4n) is 1.46. The summed E-state index contributed by atoms with van der Waals surface area (Å²) in [7, 11) is 0. The molecule has 0 radical (unpaired) electrons. The molecule has 1 aromatic rings. The number of carbonyl (C=O) groups excluding carboxylic acids is 2. The van der Waals surface area contributed by atoms with E-state index in [9.17, 15) is 19.1 Å². The lowest BCUT2D eigenvalue weighted by atomic mass is 9.92. The number of aliphatic hydroxyl groups is 1. The van der Waals surface area contributed by atoms with Crippen LogP contribution >= 0.6 is 0 Å². The van der Waals surface area contributed by atoms with E-state index in [0.29, 0.717) is 0 Å². The number of hydrogen-bond donors (Lipinski definition) is 3. The normalized spacial score (nSPS) is 13.7. The van der Waals surface area contributed by atoms with Crippen molar-refractivity contribution in [3.05, 3.63) is 29.6 Å². The second kappa shape index (κ2) is 6.67. The SMILES string of the molecule is Cc1ccc(F)c(NC(=O)C(=O)NCC(C)(O)C(C)C)c1. The van der Waals surface area contributed by atoms with Crippen LogP contribution in [0.25, 0.3) is 0 Å². The smallest absolute Gasteiger partial charge is 0.313 e. The van der Waals surface area contributed by atoms with E-state index in [4.69, 9.17) is 0 Å².